The quantitative estimate of drug-likeness (QED) is 0.0222. The van der Waals surface area contributed by atoms with Gasteiger partial charge in [0.25, 0.3) is 0 Å². The molecular weight excluding hydrogens is 1270 g/mol. The van der Waals surface area contributed by atoms with Crippen molar-refractivity contribution in [2.24, 2.45) is 17.8 Å². The van der Waals surface area contributed by atoms with E-state index in [0.29, 0.717) is 25.7 Å². The van der Waals surface area contributed by atoms with Crippen molar-refractivity contribution >= 4 is 39.5 Å². The van der Waals surface area contributed by atoms with Crippen LogP contribution in [0.25, 0.3) is 0 Å². The molecule has 0 bridgehead atoms. The molecule has 17 nitrogen and oxygen atoms in total. The van der Waals surface area contributed by atoms with Crippen molar-refractivity contribution in [1.82, 2.24) is 0 Å². The molecule has 0 saturated carbocycles. The molecule has 0 aliphatic rings. The molecule has 0 fully saturated rings. The Morgan fingerprint density at radius 1 is 0.299 bits per heavy atom. The molecule has 3 unspecified atom stereocenters. The second-order valence-electron chi connectivity index (χ2n) is 29.3. The summed E-state index contributed by atoms with van der Waals surface area (Å²) in [7, 11) is -9.92. The van der Waals surface area contributed by atoms with Gasteiger partial charge < -0.3 is 33.8 Å². The van der Waals surface area contributed by atoms with Crippen LogP contribution in [0.15, 0.2) is 0 Å². The highest BCUT2D eigenvalue weighted by Crippen LogP contribution is 2.45. The summed E-state index contributed by atoms with van der Waals surface area (Å²) in [6.07, 6.45) is 55.3. The van der Waals surface area contributed by atoms with E-state index in [9.17, 15) is 43.2 Å². The van der Waals surface area contributed by atoms with Crippen LogP contribution >= 0.6 is 15.6 Å². The smallest absolute Gasteiger partial charge is 0.462 e. The van der Waals surface area contributed by atoms with Gasteiger partial charge in [0.2, 0.25) is 0 Å². The predicted molar refractivity (Wildman–Crippen MR) is 395 cm³/mol. The minimum atomic E-state index is -4.96. The van der Waals surface area contributed by atoms with Gasteiger partial charge in [0.05, 0.1) is 26.4 Å². The highest BCUT2D eigenvalue weighted by atomic mass is 31.2. The van der Waals surface area contributed by atoms with Crippen LogP contribution in [0.5, 0.6) is 0 Å². The lowest BCUT2D eigenvalue weighted by Crippen LogP contribution is -2.30. The first-order valence-corrected chi connectivity index (χ1v) is 43.4. The second kappa shape index (κ2) is 68.5. The van der Waals surface area contributed by atoms with Gasteiger partial charge >= 0.3 is 39.5 Å². The van der Waals surface area contributed by atoms with E-state index in [2.05, 4.69) is 48.5 Å². The number of rotatable bonds is 76. The summed E-state index contributed by atoms with van der Waals surface area (Å²) in [6, 6.07) is 0. The van der Waals surface area contributed by atoms with E-state index in [1.807, 2.05) is 0 Å². The first-order chi connectivity index (χ1) is 46.8. The number of phosphoric acid groups is 2. The van der Waals surface area contributed by atoms with Crippen molar-refractivity contribution in [2.45, 2.75) is 420 Å². The Kier molecular flexibility index (Phi) is 67.1. The van der Waals surface area contributed by atoms with Crippen LogP contribution in [0.4, 0.5) is 0 Å². The molecule has 576 valence electrons. The molecule has 6 atom stereocenters. The first kappa shape index (κ1) is 95.1. The van der Waals surface area contributed by atoms with Crippen LogP contribution < -0.4 is 0 Å². The third-order valence-electron chi connectivity index (χ3n) is 18.5. The predicted octanol–water partition coefficient (Wildman–Crippen LogP) is 23.0. The van der Waals surface area contributed by atoms with E-state index in [4.69, 9.17) is 37.0 Å². The SMILES string of the molecule is CCCCCCCCCCCCCCCC(=O)O[C@H](COC(=O)CCCCCCCCCCC(C)C)COP(=O)(O)OC[C@H](O)COP(=O)(O)OC[C@@H](COC(=O)CCCCCCCCCCCCCCC(C)C)OC(=O)CCCCCCCCCCCCCCCCC(C)CC. The Morgan fingerprint density at radius 2 is 0.526 bits per heavy atom. The molecule has 0 aliphatic carbocycles. The lowest BCUT2D eigenvalue weighted by Gasteiger charge is -2.21. The maximum absolute atomic E-state index is 13.1. The van der Waals surface area contributed by atoms with Crippen LogP contribution in [0.2, 0.25) is 0 Å². The molecule has 0 amide bonds. The van der Waals surface area contributed by atoms with Gasteiger partial charge in [-0.1, -0.05) is 350 Å². The third kappa shape index (κ3) is 70.9. The number of esters is 4. The van der Waals surface area contributed by atoms with Gasteiger partial charge in [0.1, 0.15) is 19.3 Å². The van der Waals surface area contributed by atoms with E-state index >= 15 is 0 Å². The second-order valence-corrected chi connectivity index (χ2v) is 32.2. The highest BCUT2D eigenvalue weighted by Gasteiger charge is 2.30. The molecule has 0 radical (unpaired) electrons. The van der Waals surface area contributed by atoms with Crippen LogP contribution in [0.1, 0.15) is 402 Å². The van der Waals surface area contributed by atoms with Crippen LogP contribution in [0, 0.1) is 17.8 Å². The Balaban J connectivity index is 5.26. The van der Waals surface area contributed by atoms with Crippen LogP contribution in [-0.4, -0.2) is 96.7 Å². The number of ether oxygens (including phenoxy) is 4. The average molecular weight is 1420 g/mol. The van der Waals surface area contributed by atoms with Gasteiger partial charge in [0.15, 0.2) is 12.2 Å². The van der Waals surface area contributed by atoms with Gasteiger partial charge in [-0.3, -0.25) is 37.3 Å². The normalized spacial score (nSPS) is 14.3. The van der Waals surface area contributed by atoms with Gasteiger partial charge in [-0.25, -0.2) is 9.13 Å². The number of hydrogen-bond acceptors (Lipinski definition) is 15. The molecule has 0 spiro atoms. The van der Waals surface area contributed by atoms with Crippen molar-refractivity contribution in [2.75, 3.05) is 39.6 Å². The summed E-state index contributed by atoms with van der Waals surface area (Å²) in [6.45, 7) is 12.0. The lowest BCUT2D eigenvalue weighted by molar-refractivity contribution is -0.161. The molecule has 97 heavy (non-hydrogen) atoms. The fourth-order valence-corrected chi connectivity index (χ4v) is 13.5. The van der Waals surface area contributed by atoms with Crippen molar-refractivity contribution in [3.8, 4) is 0 Å². The number of carbonyl (C=O) groups is 4. The summed E-state index contributed by atoms with van der Waals surface area (Å²) in [5.41, 5.74) is 0. The van der Waals surface area contributed by atoms with Gasteiger partial charge in [0, 0.05) is 25.7 Å². The highest BCUT2D eigenvalue weighted by molar-refractivity contribution is 7.47. The van der Waals surface area contributed by atoms with E-state index < -0.39 is 97.5 Å². The van der Waals surface area contributed by atoms with Crippen molar-refractivity contribution in [1.29, 1.82) is 0 Å². The summed E-state index contributed by atoms with van der Waals surface area (Å²) < 4.78 is 68.6. The van der Waals surface area contributed by atoms with E-state index in [1.54, 1.807) is 0 Å². The average Bonchev–Trinajstić information content (AvgIpc) is 1.27. The van der Waals surface area contributed by atoms with Gasteiger partial charge in [-0.2, -0.15) is 0 Å². The van der Waals surface area contributed by atoms with Gasteiger partial charge in [-0.05, 0) is 43.4 Å². The molecule has 3 N–H and O–H groups in total. The fraction of sp³-hybridized carbons (Fsp3) is 0.949. The summed E-state index contributed by atoms with van der Waals surface area (Å²) >= 11 is 0. The maximum Gasteiger partial charge on any atom is 0.472 e. The number of aliphatic hydroxyl groups excluding tert-OH is 1. The monoisotopic (exact) mass is 1420 g/mol. The van der Waals surface area contributed by atoms with Crippen LogP contribution in [0.3, 0.4) is 0 Å². The van der Waals surface area contributed by atoms with Crippen molar-refractivity contribution < 1.29 is 80.2 Å². The molecule has 0 aromatic carbocycles. The molecule has 0 rings (SSSR count). The van der Waals surface area contributed by atoms with E-state index in [1.165, 1.54) is 212 Å². The molecule has 19 heteroatoms. The largest absolute Gasteiger partial charge is 0.472 e. The number of phosphoric ester groups is 2. The molecule has 0 aliphatic heterocycles. The summed E-state index contributed by atoms with van der Waals surface area (Å²) in [5.74, 6) is 0.240. The molecular formula is C78H152O17P2. The summed E-state index contributed by atoms with van der Waals surface area (Å²) in [5, 5.41) is 10.6. The third-order valence-corrected chi connectivity index (χ3v) is 20.4. The topological polar surface area (TPSA) is 237 Å². The first-order valence-electron chi connectivity index (χ1n) is 40.4. The fourth-order valence-electron chi connectivity index (χ4n) is 11.9. The standard InChI is InChI=1S/C78H152O17P2/c1-8-10-11-12-13-14-15-18-26-31-40-47-54-61-77(82)95-74(66-89-76(81)60-53-46-39-34-33-36-43-50-57-70(5)6)68-93-97(86,87)91-64-72(79)63-90-96(84,85)92-67-73(65-88-75(80)59-52-45-38-30-25-22-21-23-28-35-42-49-56-69(3)4)94-78(83)62-55-48-41-32-27-20-17-16-19-24-29-37-44-51-58-71(7)9-2/h69-74,79H,8-68H2,1-7H3,(H,84,85)(H,86,87)/t71?,72-,73-,74-/m1/s1. The zero-order valence-corrected chi connectivity index (χ0v) is 65.3. The van der Waals surface area contributed by atoms with Crippen molar-refractivity contribution in [3.63, 3.8) is 0 Å². The minimum Gasteiger partial charge on any atom is -0.462 e. The Bertz CT molecular complexity index is 1890. The minimum absolute atomic E-state index is 0.107. The Hall–Kier alpha value is -1.94. The van der Waals surface area contributed by atoms with E-state index in [-0.39, 0.29) is 25.7 Å². The zero-order chi connectivity index (χ0) is 71.6. The zero-order valence-electron chi connectivity index (χ0n) is 63.5. The molecule has 0 heterocycles. The molecule has 0 aromatic heterocycles. The summed E-state index contributed by atoms with van der Waals surface area (Å²) in [4.78, 5) is 72.9. The lowest BCUT2D eigenvalue weighted by atomic mass is 9.99. The van der Waals surface area contributed by atoms with Gasteiger partial charge in [-0.15, -0.1) is 0 Å². The number of carbonyl (C=O) groups excluding carboxylic acids is 4. The number of unbranched alkanes of at least 4 members (excludes halogenated alkanes) is 43. The number of hydrogen-bond donors (Lipinski definition) is 3. The maximum atomic E-state index is 13.1. The molecule has 0 aromatic rings. The van der Waals surface area contributed by atoms with E-state index in [0.717, 1.165) is 108 Å². The molecule has 0 saturated heterocycles. The van der Waals surface area contributed by atoms with Crippen molar-refractivity contribution in [3.05, 3.63) is 0 Å². The van der Waals surface area contributed by atoms with Crippen LogP contribution in [-0.2, 0) is 65.4 Å². The number of aliphatic hydroxyl groups is 1. The Labute approximate surface area is 594 Å². The Morgan fingerprint density at radius 3 is 0.784 bits per heavy atom.